The number of carbonyl (C=O) groups is 3. The van der Waals surface area contributed by atoms with Gasteiger partial charge in [0.2, 0.25) is 5.91 Å². The van der Waals surface area contributed by atoms with Crippen molar-refractivity contribution in [1.29, 1.82) is 0 Å². The number of anilines is 2. The second-order valence-corrected chi connectivity index (χ2v) is 8.41. The van der Waals surface area contributed by atoms with E-state index in [9.17, 15) is 14.4 Å². The summed E-state index contributed by atoms with van der Waals surface area (Å²) in [6.45, 7) is 2.74. The zero-order chi connectivity index (χ0) is 21.8. The molecule has 2 aromatic carbocycles. The summed E-state index contributed by atoms with van der Waals surface area (Å²) < 4.78 is 5.43. The fourth-order valence-electron chi connectivity index (χ4n) is 3.97. The molecule has 1 N–H and O–H groups in total. The van der Waals surface area contributed by atoms with E-state index in [1.54, 1.807) is 36.0 Å². The van der Waals surface area contributed by atoms with Crippen molar-refractivity contribution in [3.05, 3.63) is 59.7 Å². The summed E-state index contributed by atoms with van der Waals surface area (Å²) >= 11 is 1.57. The number of nitrogens with zero attached hydrogens (tertiary/aromatic N) is 2. The van der Waals surface area contributed by atoms with Crippen molar-refractivity contribution in [2.75, 3.05) is 48.5 Å². The van der Waals surface area contributed by atoms with Crippen molar-refractivity contribution in [1.82, 2.24) is 4.90 Å². The Morgan fingerprint density at radius 1 is 1.03 bits per heavy atom. The molecule has 1 fully saturated rings. The minimum absolute atomic E-state index is 0.350. The summed E-state index contributed by atoms with van der Waals surface area (Å²) in [5.41, 5.74) is 2.27. The van der Waals surface area contributed by atoms with Crippen LogP contribution in [0.4, 0.5) is 11.4 Å². The maximum Gasteiger partial charge on any atom is 0.262 e. The van der Waals surface area contributed by atoms with Crippen LogP contribution >= 0.6 is 11.8 Å². The topological polar surface area (TPSA) is 79.0 Å². The number of carbonyl (C=O) groups excluding carboxylic acids is 3. The van der Waals surface area contributed by atoms with Gasteiger partial charge in [0.1, 0.15) is 6.04 Å². The van der Waals surface area contributed by atoms with E-state index < -0.39 is 17.9 Å². The largest absolute Gasteiger partial charge is 0.378 e. The van der Waals surface area contributed by atoms with Gasteiger partial charge in [-0.1, -0.05) is 24.3 Å². The quantitative estimate of drug-likeness (QED) is 0.669. The standard InChI is InChI=1S/C23H25N3O4S/c1-31-15-10-20(26-22(28)16-6-2-3-7-17(16)23(26)29)21(27)24-18-8-4-5-9-19(18)25-11-13-30-14-12-25/h2-9,20H,10-15H2,1H3,(H,24,27)/t20-/m0/s1. The van der Waals surface area contributed by atoms with Crippen molar-refractivity contribution in [3.63, 3.8) is 0 Å². The molecular formula is C23H25N3O4S. The molecule has 0 radical (unpaired) electrons. The molecule has 2 heterocycles. The van der Waals surface area contributed by atoms with Crippen molar-refractivity contribution in [2.45, 2.75) is 12.5 Å². The summed E-state index contributed by atoms with van der Waals surface area (Å²) in [6, 6.07) is 13.4. The lowest BCUT2D eigenvalue weighted by Gasteiger charge is -2.31. The van der Waals surface area contributed by atoms with Gasteiger partial charge in [-0.3, -0.25) is 19.3 Å². The smallest absolute Gasteiger partial charge is 0.262 e. The third-order valence-electron chi connectivity index (χ3n) is 5.55. The van der Waals surface area contributed by atoms with Gasteiger partial charge < -0.3 is 15.0 Å². The molecule has 1 atom stereocenters. The van der Waals surface area contributed by atoms with Crippen LogP contribution < -0.4 is 10.2 Å². The molecule has 1 saturated heterocycles. The van der Waals surface area contributed by atoms with Crippen LogP contribution in [-0.4, -0.2) is 67.0 Å². The van der Waals surface area contributed by atoms with E-state index in [2.05, 4.69) is 10.2 Å². The molecular weight excluding hydrogens is 414 g/mol. The normalized spacial score (nSPS) is 16.9. The second-order valence-electron chi connectivity index (χ2n) is 7.43. The molecule has 3 amide bonds. The van der Waals surface area contributed by atoms with Crippen LogP contribution in [0.5, 0.6) is 0 Å². The Kier molecular flexibility index (Phi) is 6.58. The van der Waals surface area contributed by atoms with E-state index >= 15 is 0 Å². The predicted octanol–water partition coefficient (Wildman–Crippen LogP) is 2.88. The third-order valence-corrected chi connectivity index (χ3v) is 6.19. The SMILES string of the molecule is CSCC[C@@H](C(=O)Nc1ccccc1N1CCOCC1)N1C(=O)c2ccccc2C1=O. The molecule has 162 valence electrons. The third kappa shape index (κ3) is 4.31. The van der Waals surface area contributed by atoms with E-state index in [0.29, 0.717) is 42.2 Å². The summed E-state index contributed by atoms with van der Waals surface area (Å²) in [4.78, 5) is 42.6. The van der Waals surface area contributed by atoms with Crippen LogP contribution in [0.15, 0.2) is 48.5 Å². The number of imide groups is 1. The first-order valence-electron chi connectivity index (χ1n) is 10.3. The van der Waals surface area contributed by atoms with Crippen LogP contribution in [-0.2, 0) is 9.53 Å². The summed E-state index contributed by atoms with van der Waals surface area (Å²) in [7, 11) is 0. The van der Waals surface area contributed by atoms with Gasteiger partial charge in [-0.15, -0.1) is 0 Å². The van der Waals surface area contributed by atoms with Gasteiger partial charge in [0.25, 0.3) is 11.8 Å². The molecule has 2 aromatic rings. The van der Waals surface area contributed by atoms with Crippen LogP contribution in [0.2, 0.25) is 0 Å². The molecule has 7 nitrogen and oxygen atoms in total. The maximum absolute atomic E-state index is 13.4. The summed E-state index contributed by atoms with van der Waals surface area (Å²) in [6.07, 6.45) is 2.32. The Morgan fingerprint density at radius 3 is 2.29 bits per heavy atom. The maximum atomic E-state index is 13.4. The van der Waals surface area contributed by atoms with E-state index in [0.717, 1.165) is 23.7 Å². The minimum atomic E-state index is -0.877. The van der Waals surface area contributed by atoms with Crippen molar-refractivity contribution < 1.29 is 19.1 Å². The number of morpholine rings is 1. The van der Waals surface area contributed by atoms with Crippen molar-refractivity contribution in [3.8, 4) is 0 Å². The molecule has 0 aromatic heterocycles. The molecule has 8 heteroatoms. The van der Waals surface area contributed by atoms with Crippen LogP contribution in [0.1, 0.15) is 27.1 Å². The Balaban J connectivity index is 1.59. The summed E-state index contributed by atoms with van der Waals surface area (Å²) in [5, 5.41) is 2.98. The molecule has 2 aliphatic rings. The van der Waals surface area contributed by atoms with Gasteiger partial charge in [0.15, 0.2) is 0 Å². The van der Waals surface area contributed by atoms with Crippen LogP contribution in [0, 0.1) is 0 Å². The van der Waals surface area contributed by atoms with Crippen LogP contribution in [0.25, 0.3) is 0 Å². The number of fused-ring (bicyclic) bond motifs is 1. The first kappa shape index (κ1) is 21.4. The highest BCUT2D eigenvalue weighted by atomic mass is 32.2. The number of para-hydroxylation sites is 2. The van der Waals surface area contributed by atoms with E-state index in [-0.39, 0.29) is 5.91 Å². The lowest BCUT2D eigenvalue weighted by Crippen LogP contribution is -2.47. The van der Waals surface area contributed by atoms with Gasteiger partial charge in [-0.25, -0.2) is 0 Å². The number of nitrogens with one attached hydrogen (secondary N) is 1. The number of rotatable bonds is 7. The number of hydrogen-bond acceptors (Lipinski definition) is 6. The molecule has 0 spiro atoms. The number of thioether (sulfide) groups is 1. The molecule has 4 rings (SSSR count). The lowest BCUT2D eigenvalue weighted by atomic mass is 10.1. The zero-order valence-corrected chi connectivity index (χ0v) is 18.2. The predicted molar refractivity (Wildman–Crippen MR) is 122 cm³/mol. The monoisotopic (exact) mass is 439 g/mol. The minimum Gasteiger partial charge on any atom is -0.378 e. The van der Waals surface area contributed by atoms with Crippen molar-refractivity contribution in [2.24, 2.45) is 0 Å². The number of amides is 3. The highest BCUT2D eigenvalue weighted by Crippen LogP contribution is 2.29. The van der Waals surface area contributed by atoms with E-state index in [1.807, 2.05) is 30.5 Å². The van der Waals surface area contributed by atoms with Gasteiger partial charge in [-0.05, 0) is 42.7 Å². The average molecular weight is 440 g/mol. The first-order chi connectivity index (χ1) is 15.1. The Labute approximate surface area is 185 Å². The first-order valence-corrected chi connectivity index (χ1v) is 11.7. The van der Waals surface area contributed by atoms with Crippen LogP contribution in [0.3, 0.4) is 0 Å². The fourth-order valence-corrected chi connectivity index (χ4v) is 4.43. The lowest BCUT2D eigenvalue weighted by molar-refractivity contribution is -0.120. The van der Waals surface area contributed by atoms with Gasteiger partial charge in [0, 0.05) is 13.1 Å². The molecule has 0 aliphatic carbocycles. The van der Waals surface area contributed by atoms with E-state index in [4.69, 9.17) is 4.74 Å². The molecule has 31 heavy (non-hydrogen) atoms. The molecule has 0 saturated carbocycles. The van der Waals surface area contributed by atoms with Gasteiger partial charge >= 0.3 is 0 Å². The Hall–Kier alpha value is -2.84. The highest BCUT2D eigenvalue weighted by Gasteiger charge is 2.42. The number of hydrogen-bond donors (Lipinski definition) is 1. The zero-order valence-electron chi connectivity index (χ0n) is 17.4. The average Bonchev–Trinajstić information content (AvgIpc) is 3.06. The van der Waals surface area contributed by atoms with Gasteiger partial charge in [-0.2, -0.15) is 11.8 Å². The molecule has 0 unspecified atom stereocenters. The molecule has 0 bridgehead atoms. The molecule has 2 aliphatic heterocycles. The summed E-state index contributed by atoms with van der Waals surface area (Å²) in [5.74, 6) is -0.535. The Morgan fingerprint density at radius 2 is 1.65 bits per heavy atom. The van der Waals surface area contributed by atoms with E-state index in [1.165, 1.54) is 0 Å². The highest BCUT2D eigenvalue weighted by molar-refractivity contribution is 7.98. The fraction of sp³-hybridized carbons (Fsp3) is 0.348. The van der Waals surface area contributed by atoms with Crippen molar-refractivity contribution >= 4 is 40.9 Å². The Bertz CT molecular complexity index is 955. The number of ether oxygens (including phenoxy) is 1. The second kappa shape index (κ2) is 9.53. The van der Waals surface area contributed by atoms with Gasteiger partial charge in [0.05, 0.1) is 35.7 Å². The number of benzene rings is 2.